The van der Waals surface area contributed by atoms with Gasteiger partial charge in [0.2, 0.25) is 0 Å². The fraction of sp³-hybridized carbons (Fsp3) is 0.118. The van der Waals surface area contributed by atoms with Gasteiger partial charge >= 0.3 is 0 Å². The second-order valence-electron chi connectivity index (χ2n) is 4.93. The number of H-pyrrole nitrogens is 1. The Morgan fingerprint density at radius 2 is 2.20 bits per heavy atom. The Morgan fingerprint density at radius 3 is 3.00 bits per heavy atom. The van der Waals surface area contributed by atoms with Crippen molar-refractivity contribution < 1.29 is 5.11 Å². The molecular formula is C17H16N2O. The number of nitrogens with zero attached hydrogens (tertiary/aromatic N) is 1. The number of aromatic amines is 1. The van der Waals surface area contributed by atoms with E-state index < -0.39 is 0 Å². The minimum Gasteiger partial charge on any atom is -0.508 e. The number of phenols is 1. The Hall–Kier alpha value is -2.55. The maximum absolute atomic E-state index is 9.49. The molecule has 0 saturated heterocycles. The van der Waals surface area contributed by atoms with Crippen molar-refractivity contribution in [2.24, 2.45) is 0 Å². The number of pyridine rings is 1. The molecule has 3 nitrogen and oxygen atoms in total. The summed E-state index contributed by atoms with van der Waals surface area (Å²) >= 11 is 0. The molecule has 100 valence electrons. The number of nitrogens with one attached hydrogen (secondary N) is 1. The van der Waals surface area contributed by atoms with Crippen LogP contribution in [0, 0.1) is 6.92 Å². The van der Waals surface area contributed by atoms with Gasteiger partial charge in [0.1, 0.15) is 5.75 Å². The highest BCUT2D eigenvalue weighted by Crippen LogP contribution is 2.12. The van der Waals surface area contributed by atoms with Crippen molar-refractivity contribution in [3.05, 3.63) is 58.5 Å². The average molecular weight is 264 g/mol. The van der Waals surface area contributed by atoms with Gasteiger partial charge < -0.3 is 10.1 Å². The molecule has 0 aliphatic heterocycles. The topological polar surface area (TPSA) is 48.9 Å². The predicted octanol–water partition coefficient (Wildman–Crippen LogP) is 2.01. The van der Waals surface area contributed by atoms with E-state index in [4.69, 9.17) is 0 Å². The van der Waals surface area contributed by atoms with Crippen LogP contribution in [0.15, 0.2) is 36.5 Å². The molecule has 3 heteroatoms. The molecule has 0 aliphatic carbocycles. The summed E-state index contributed by atoms with van der Waals surface area (Å²) in [5.74, 6) is 0.292. The van der Waals surface area contributed by atoms with Crippen LogP contribution < -0.4 is 10.7 Å². The van der Waals surface area contributed by atoms with E-state index in [-0.39, 0.29) is 0 Å². The molecule has 0 aliphatic rings. The van der Waals surface area contributed by atoms with E-state index in [9.17, 15) is 5.11 Å². The Balaban J connectivity index is 2.10. The van der Waals surface area contributed by atoms with Gasteiger partial charge in [-0.2, -0.15) is 0 Å². The van der Waals surface area contributed by atoms with Crippen LogP contribution >= 0.6 is 0 Å². The Morgan fingerprint density at radius 1 is 1.35 bits per heavy atom. The highest BCUT2D eigenvalue weighted by Gasteiger charge is 2.03. The van der Waals surface area contributed by atoms with E-state index in [1.165, 1.54) is 0 Å². The normalized spacial score (nSPS) is 12.2. The zero-order valence-electron chi connectivity index (χ0n) is 11.4. The molecule has 3 aromatic rings. The molecule has 20 heavy (non-hydrogen) atoms. The molecule has 3 rings (SSSR count). The first kappa shape index (κ1) is 12.5. The predicted molar refractivity (Wildman–Crippen MR) is 81.9 cm³/mol. The monoisotopic (exact) mass is 264 g/mol. The quantitative estimate of drug-likeness (QED) is 0.744. The van der Waals surface area contributed by atoms with Crippen molar-refractivity contribution in [3.8, 4) is 5.75 Å². The molecule has 0 saturated carbocycles. The fourth-order valence-electron chi connectivity index (χ4n) is 2.53. The van der Waals surface area contributed by atoms with Crippen molar-refractivity contribution in [3.63, 3.8) is 0 Å². The van der Waals surface area contributed by atoms with Crippen LogP contribution in [0.5, 0.6) is 5.75 Å². The molecule has 0 fully saturated rings. The maximum atomic E-state index is 9.49. The van der Waals surface area contributed by atoms with Crippen molar-refractivity contribution in [1.82, 2.24) is 9.97 Å². The van der Waals surface area contributed by atoms with E-state index in [2.05, 4.69) is 22.6 Å². The third-order valence-corrected chi connectivity index (χ3v) is 3.46. The number of hydrogen-bond donors (Lipinski definition) is 2. The smallest absolute Gasteiger partial charge is 0.115 e. The van der Waals surface area contributed by atoms with E-state index in [1.807, 2.05) is 25.1 Å². The van der Waals surface area contributed by atoms with Gasteiger partial charge in [-0.25, -0.2) is 0 Å². The highest BCUT2D eigenvalue weighted by molar-refractivity contribution is 5.85. The number of rotatable bonds is 2. The van der Waals surface area contributed by atoms with Gasteiger partial charge in [-0.05, 0) is 37.1 Å². The SMILES string of the molecule is C=c1[nH]c(C)c2/c(=C\Cc3cccc(O)c3)nccc12. The zero-order valence-corrected chi connectivity index (χ0v) is 11.4. The molecule has 0 atom stereocenters. The van der Waals surface area contributed by atoms with Crippen LogP contribution in [0.1, 0.15) is 11.3 Å². The number of phenolic OH excluding ortho intramolecular Hbond substituents is 1. The lowest BCUT2D eigenvalue weighted by Gasteiger charge is -1.98. The highest BCUT2D eigenvalue weighted by atomic mass is 16.3. The van der Waals surface area contributed by atoms with Crippen LogP contribution in [-0.4, -0.2) is 15.1 Å². The number of aromatic nitrogens is 2. The van der Waals surface area contributed by atoms with E-state index in [0.717, 1.165) is 39.1 Å². The van der Waals surface area contributed by atoms with Crippen molar-refractivity contribution in [1.29, 1.82) is 0 Å². The first-order valence-electron chi connectivity index (χ1n) is 6.55. The lowest BCUT2D eigenvalue weighted by molar-refractivity contribution is 0.475. The molecule has 2 aromatic heterocycles. The lowest BCUT2D eigenvalue weighted by atomic mass is 10.1. The van der Waals surface area contributed by atoms with Crippen LogP contribution in [-0.2, 0) is 6.42 Å². The Bertz CT molecular complexity index is 878. The first-order valence-corrected chi connectivity index (χ1v) is 6.55. The first-order chi connectivity index (χ1) is 9.65. The molecule has 0 amide bonds. The van der Waals surface area contributed by atoms with Gasteiger partial charge in [-0.15, -0.1) is 0 Å². The number of benzene rings is 1. The minimum atomic E-state index is 0.292. The van der Waals surface area contributed by atoms with Crippen molar-refractivity contribution >= 4 is 23.4 Å². The summed E-state index contributed by atoms with van der Waals surface area (Å²) in [6.07, 6.45) is 4.62. The summed E-state index contributed by atoms with van der Waals surface area (Å²) in [4.78, 5) is 7.70. The summed E-state index contributed by atoms with van der Waals surface area (Å²) in [5.41, 5.74) is 2.15. The van der Waals surface area contributed by atoms with Crippen molar-refractivity contribution in [2.45, 2.75) is 13.3 Å². The summed E-state index contributed by atoms with van der Waals surface area (Å²) in [6.45, 7) is 6.04. The van der Waals surface area contributed by atoms with Crippen LogP contribution in [0.3, 0.4) is 0 Å². The molecular weight excluding hydrogens is 248 g/mol. The third-order valence-electron chi connectivity index (χ3n) is 3.46. The molecule has 2 heterocycles. The van der Waals surface area contributed by atoms with Gasteiger partial charge in [0.05, 0.1) is 5.35 Å². The van der Waals surface area contributed by atoms with Crippen LogP contribution in [0.4, 0.5) is 0 Å². The molecule has 1 aromatic carbocycles. The second-order valence-corrected chi connectivity index (χ2v) is 4.93. The van der Waals surface area contributed by atoms with E-state index >= 15 is 0 Å². The minimum absolute atomic E-state index is 0.292. The van der Waals surface area contributed by atoms with Crippen LogP contribution in [0.2, 0.25) is 0 Å². The Labute approximate surface area is 116 Å². The molecule has 0 unspecified atom stereocenters. The molecule has 0 radical (unpaired) electrons. The third kappa shape index (κ3) is 2.18. The van der Waals surface area contributed by atoms with Gasteiger partial charge in [-0.1, -0.05) is 24.8 Å². The fourth-order valence-corrected chi connectivity index (χ4v) is 2.53. The number of aromatic hydroxyl groups is 1. The van der Waals surface area contributed by atoms with Gasteiger partial charge in [0.25, 0.3) is 0 Å². The largest absolute Gasteiger partial charge is 0.508 e. The number of aryl methyl sites for hydroxylation is 1. The average Bonchev–Trinajstić information content (AvgIpc) is 2.73. The zero-order chi connectivity index (χ0) is 14.1. The number of fused-ring (bicyclic) bond motifs is 1. The van der Waals surface area contributed by atoms with Crippen molar-refractivity contribution in [2.75, 3.05) is 0 Å². The summed E-state index contributed by atoms with van der Waals surface area (Å²) in [6, 6.07) is 9.27. The van der Waals surface area contributed by atoms with Gasteiger partial charge in [0.15, 0.2) is 0 Å². The Kier molecular flexibility index (Phi) is 3.03. The summed E-state index contributed by atoms with van der Waals surface area (Å²) in [7, 11) is 0. The van der Waals surface area contributed by atoms with Gasteiger partial charge in [0, 0.05) is 28.0 Å². The molecule has 0 spiro atoms. The number of hydrogen-bond acceptors (Lipinski definition) is 2. The van der Waals surface area contributed by atoms with Crippen LogP contribution in [0.25, 0.3) is 23.4 Å². The van der Waals surface area contributed by atoms with E-state index in [1.54, 1.807) is 18.3 Å². The van der Waals surface area contributed by atoms with Gasteiger partial charge in [-0.3, -0.25) is 4.98 Å². The summed E-state index contributed by atoms with van der Waals surface area (Å²) in [5, 5.41) is 13.6. The lowest BCUT2D eigenvalue weighted by Crippen LogP contribution is -2.08. The maximum Gasteiger partial charge on any atom is 0.115 e. The molecule has 2 N–H and O–H groups in total. The van der Waals surface area contributed by atoms with E-state index in [0.29, 0.717) is 5.75 Å². The standard InChI is InChI=1S/C17H16N2O/c1-11-15-8-9-18-16(17(15)12(2)19-11)7-6-13-4-3-5-14(20)10-13/h3-5,7-10,19-20H,1,6H2,2H3/b16-7+. The molecule has 0 bridgehead atoms. The summed E-state index contributed by atoms with van der Waals surface area (Å²) < 4.78 is 0. The second kappa shape index (κ2) is 4.85.